The average Bonchev–Trinajstić information content (AvgIpc) is 3.32. The normalized spacial score (nSPS) is 11.3. The smallest absolute Gasteiger partial charge is 0.307 e. The summed E-state index contributed by atoms with van der Waals surface area (Å²) in [6.45, 7) is 2.65. The maximum absolute atomic E-state index is 12.5. The lowest BCUT2D eigenvalue weighted by molar-refractivity contribution is 0.0929. The lowest BCUT2D eigenvalue weighted by Crippen LogP contribution is -2.16. The summed E-state index contributed by atoms with van der Waals surface area (Å²) in [5.41, 5.74) is 4.78. The van der Waals surface area contributed by atoms with E-state index < -0.39 is 5.91 Å². The van der Waals surface area contributed by atoms with Gasteiger partial charge in [0.1, 0.15) is 12.2 Å². The Balaban J connectivity index is 1.31. The van der Waals surface area contributed by atoms with Crippen LogP contribution in [0.4, 0.5) is 0 Å². The zero-order valence-electron chi connectivity index (χ0n) is 19.8. The molecule has 8 heteroatoms. The summed E-state index contributed by atoms with van der Waals surface area (Å²) in [4.78, 5) is 12.5. The molecule has 1 N–H and O–H groups in total. The monoisotopic (exact) mass is 576 g/mol. The molecule has 6 nitrogen and oxygen atoms in total. The van der Waals surface area contributed by atoms with Gasteiger partial charge in [-0.15, -0.1) is 0 Å². The number of carbonyl (C=O) groups is 1. The van der Waals surface area contributed by atoms with Gasteiger partial charge in [-0.05, 0) is 65.2 Å². The Morgan fingerprint density at radius 2 is 1.86 bits per heavy atom. The zero-order chi connectivity index (χ0) is 25.8. The predicted octanol–water partition coefficient (Wildman–Crippen LogP) is 7.74. The number of ether oxygens (including phenoxy) is 2. The number of furan rings is 1. The van der Waals surface area contributed by atoms with Crippen LogP contribution in [0.1, 0.15) is 28.6 Å². The van der Waals surface area contributed by atoms with Gasteiger partial charge in [-0.3, -0.25) is 4.79 Å². The SMILES string of the molecule is CCOc1cc(/C=N/NC(=O)c2cc3cc(Br)ccc3o2)cc(Cl)c1OCc1cccc2ccccc12. The molecule has 1 heterocycles. The van der Waals surface area contributed by atoms with Crippen LogP contribution in [0.15, 0.2) is 92.9 Å². The summed E-state index contributed by atoms with van der Waals surface area (Å²) >= 11 is 9.99. The van der Waals surface area contributed by atoms with E-state index in [1.165, 1.54) is 6.21 Å². The number of hydrogen-bond donors (Lipinski definition) is 1. The second kappa shape index (κ2) is 11.1. The second-order valence-electron chi connectivity index (χ2n) is 8.18. The highest BCUT2D eigenvalue weighted by Gasteiger charge is 2.14. The van der Waals surface area contributed by atoms with Gasteiger partial charge in [-0.2, -0.15) is 5.10 Å². The van der Waals surface area contributed by atoms with E-state index in [0.29, 0.717) is 40.9 Å². The first-order valence-electron chi connectivity index (χ1n) is 11.6. The minimum atomic E-state index is -0.463. The van der Waals surface area contributed by atoms with Gasteiger partial charge in [0.25, 0.3) is 0 Å². The fourth-order valence-electron chi connectivity index (χ4n) is 3.98. The summed E-state index contributed by atoms with van der Waals surface area (Å²) in [5, 5.41) is 7.51. The van der Waals surface area contributed by atoms with E-state index in [9.17, 15) is 4.79 Å². The number of hydrazone groups is 1. The molecule has 1 aromatic heterocycles. The van der Waals surface area contributed by atoms with E-state index in [1.807, 2.05) is 43.3 Å². The van der Waals surface area contributed by atoms with Gasteiger partial charge >= 0.3 is 5.91 Å². The molecular formula is C29H22BrClN2O4. The zero-order valence-corrected chi connectivity index (χ0v) is 22.2. The predicted molar refractivity (Wildman–Crippen MR) is 150 cm³/mol. The first-order chi connectivity index (χ1) is 18.0. The average molecular weight is 578 g/mol. The molecule has 4 aromatic carbocycles. The molecule has 0 fully saturated rings. The van der Waals surface area contributed by atoms with E-state index in [1.54, 1.807) is 24.3 Å². The number of rotatable bonds is 8. The molecule has 0 aliphatic rings. The van der Waals surface area contributed by atoms with Crippen molar-refractivity contribution in [2.45, 2.75) is 13.5 Å². The quantitative estimate of drug-likeness (QED) is 0.151. The van der Waals surface area contributed by atoms with Crippen molar-refractivity contribution >= 4 is 61.4 Å². The van der Waals surface area contributed by atoms with Crippen LogP contribution in [0.5, 0.6) is 11.5 Å². The Morgan fingerprint density at radius 1 is 1.03 bits per heavy atom. The molecular weight excluding hydrogens is 556 g/mol. The number of carbonyl (C=O) groups excluding carboxylic acids is 1. The first-order valence-corrected chi connectivity index (χ1v) is 12.8. The largest absolute Gasteiger partial charge is 0.490 e. The molecule has 0 aliphatic carbocycles. The molecule has 0 saturated heterocycles. The van der Waals surface area contributed by atoms with Crippen LogP contribution in [0.25, 0.3) is 21.7 Å². The minimum absolute atomic E-state index is 0.162. The molecule has 37 heavy (non-hydrogen) atoms. The maximum atomic E-state index is 12.5. The van der Waals surface area contributed by atoms with E-state index in [-0.39, 0.29) is 5.76 Å². The van der Waals surface area contributed by atoms with Crippen LogP contribution < -0.4 is 14.9 Å². The summed E-state index contributed by atoms with van der Waals surface area (Å²) < 4.78 is 18.4. The molecule has 0 unspecified atom stereocenters. The summed E-state index contributed by atoms with van der Waals surface area (Å²) in [6.07, 6.45) is 1.49. The van der Waals surface area contributed by atoms with Gasteiger partial charge in [0, 0.05) is 9.86 Å². The van der Waals surface area contributed by atoms with Crippen LogP contribution in [0, 0.1) is 0 Å². The van der Waals surface area contributed by atoms with Crippen molar-refractivity contribution in [2.24, 2.45) is 5.10 Å². The molecule has 0 spiro atoms. The number of hydrogen-bond acceptors (Lipinski definition) is 5. The van der Waals surface area contributed by atoms with Gasteiger partial charge < -0.3 is 13.9 Å². The standard InChI is InChI=1S/C29H22BrClN2O4/c1-2-35-26-13-18(16-32-33-29(34)27-15-21-14-22(30)10-11-25(21)37-27)12-24(31)28(26)36-17-20-8-5-7-19-6-3-4-9-23(19)20/h3-16H,2,17H2,1H3,(H,33,34)/b32-16+. The number of nitrogens with zero attached hydrogens (tertiary/aromatic N) is 1. The van der Waals surface area contributed by atoms with Crippen LogP contribution in [0.3, 0.4) is 0 Å². The van der Waals surface area contributed by atoms with Crippen molar-refractivity contribution in [3.05, 3.63) is 105 Å². The van der Waals surface area contributed by atoms with Gasteiger partial charge in [0.2, 0.25) is 0 Å². The van der Waals surface area contributed by atoms with Gasteiger partial charge in [0.15, 0.2) is 17.3 Å². The number of halogens is 2. The highest BCUT2D eigenvalue weighted by Crippen LogP contribution is 2.37. The van der Waals surface area contributed by atoms with E-state index >= 15 is 0 Å². The Bertz CT molecular complexity index is 1620. The third-order valence-electron chi connectivity index (χ3n) is 5.67. The second-order valence-corrected chi connectivity index (χ2v) is 9.50. The van der Waals surface area contributed by atoms with Gasteiger partial charge in [-0.1, -0.05) is 70.0 Å². The topological polar surface area (TPSA) is 73.1 Å². The van der Waals surface area contributed by atoms with Crippen LogP contribution >= 0.6 is 27.5 Å². The first kappa shape index (κ1) is 24.9. The fraction of sp³-hybridized carbons (Fsp3) is 0.103. The van der Waals surface area contributed by atoms with Crippen LogP contribution in [0.2, 0.25) is 5.02 Å². The van der Waals surface area contributed by atoms with Crippen molar-refractivity contribution in [2.75, 3.05) is 6.61 Å². The molecule has 0 radical (unpaired) electrons. The lowest BCUT2D eigenvalue weighted by atomic mass is 10.1. The molecule has 0 saturated carbocycles. The minimum Gasteiger partial charge on any atom is -0.490 e. The Morgan fingerprint density at radius 3 is 2.73 bits per heavy atom. The van der Waals surface area contributed by atoms with Crippen molar-refractivity contribution < 1.29 is 18.7 Å². The van der Waals surface area contributed by atoms with Crippen molar-refractivity contribution in [1.82, 2.24) is 5.43 Å². The highest BCUT2D eigenvalue weighted by molar-refractivity contribution is 9.10. The van der Waals surface area contributed by atoms with Gasteiger partial charge in [0.05, 0.1) is 17.8 Å². The third-order valence-corrected chi connectivity index (χ3v) is 6.44. The Labute approximate surface area is 227 Å². The molecule has 1 amide bonds. The van der Waals surface area contributed by atoms with E-state index in [0.717, 1.165) is 26.2 Å². The molecule has 5 rings (SSSR count). The summed E-state index contributed by atoms with van der Waals surface area (Å²) in [6, 6.07) is 24.9. The molecule has 186 valence electrons. The van der Waals surface area contributed by atoms with Gasteiger partial charge in [-0.25, -0.2) is 5.43 Å². The highest BCUT2D eigenvalue weighted by atomic mass is 79.9. The van der Waals surface area contributed by atoms with Crippen LogP contribution in [-0.4, -0.2) is 18.7 Å². The maximum Gasteiger partial charge on any atom is 0.307 e. The lowest BCUT2D eigenvalue weighted by Gasteiger charge is -2.15. The number of amides is 1. The number of benzene rings is 4. The number of fused-ring (bicyclic) bond motifs is 2. The van der Waals surface area contributed by atoms with Crippen molar-refractivity contribution in [1.29, 1.82) is 0 Å². The van der Waals surface area contributed by atoms with Crippen LogP contribution in [-0.2, 0) is 6.61 Å². The number of nitrogens with one attached hydrogen (secondary N) is 1. The molecule has 0 aliphatic heterocycles. The Kier molecular flexibility index (Phi) is 7.44. The molecule has 5 aromatic rings. The molecule has 0 bridgehead atoms. The third kappa shape index (κ3) is 5.63. The fourth-order valence-corrected chi connectivity index (χ4v) is 4.63. The van der Waals surface area contributed by atoms with Crippen molar-refractivity contribution in [3.63, 3.8) is 0 Å². The summed E-state index contributed by atoms with van der Waals surface area (Å²) in [7, 11) is 0. The van der Waals surface area contributed by atoms with Crippen molar-refractivity contribution in [3.8, 4) is 11.5 Å². The molecule has 0 atom stereocenters. The summed E-state index contributed by atoms with van der Waals surface area (Å²) in [5.74, 6) is 0.641. The van der Waals surface area contributed by atoms with E-state index in [4.69, 9.17) is 25.5 Å². The van der Waals surface area contributed by atoms with E-state index in [2.05, 4.69) is 44.7 Å². The Hall–Kier alpha value is -3.81.